The fourth-order valence-corrected chi connectivity index (χ4v) is 4.71. The first kappa shape index (κ1) is 19.7. The molecule has 5 heteroatoms. The summed E-state index contributed by atoms with van der Waals surface area (Å²) in [6.07, 6.45) is 8.04. The first-order chi connectivity index (χ1) is 12.3. The summed E-state index contributed by atoms with van der Waals surface area (Å²) >= 11 is 0. The predicted molar refractivity (Wildman–Crippen MR) is 106 cm³/mol. The number of ether oxygens (including phenoxy) is 1. The molecule has 0 bridgehead atoms. The topological polar surface area (TPSA) is 50.4 Å². The van der Waals surface area contributed by atoms with Crippen molar-refractivity contribution in [1.29, 1.82) is 0 Å². The number of hydrogen-bond acceptors (Lipinski definition) is 3. The lowest BCUT2D eigenvalue weighted by Crippen LogP contribution is -2.34. The number of amides is 1. The van der Waals surface area contributed by atoms with Gasteiger partial charge < -0.3 is 15.4 Å². The molecule has 1 aromatic rings. The number of fused-ring (bicyclic) bond motifs is 1. The third kappa shape index (κ3) is 4.24. The number of carbonyl (C=O) groups is 1. The van der Waals surface area contributed by atoms with Crippen LogP contribution in [0.25, 0.3) is 0 Å². The highest BCUT2D eigenvalue weighted by molar-refractivity contribution is 5.85. The van der Waals surface area contributed by atoms with Crippen LogP contribution >= 0.6 is 12.4 Å². The van der Waals surface area contributed by atoms with Crippen LogP contribution in [0.5, 0.6) is 0 Å². The van der Waals surface area contributed by atoms with Gasteiger partial charge in [-0.1, -0.05) is 24.3 Å². The normalized spacial score (nSPS) is 25.8. The Bertz CT molecular complexity index is 616. The minimum atomic E-state index is 0. The van der Waals surface area contributed by atoms with E-state index in [1.165, 1.54) is 24.0 Å². The molecule has 2 atom stereocenters. The fourth-order valence-electron chi connectivity index (χ4n) is 4.71. The lowest BCUT2D eigenvalue weighted by Gasteiger charge is -2.25. The van der Waals surface area contributed by atoms with Crippen molar-refractivity contribution >= 4 is 18.3 Å². The Hall–Kier alpha value is -1.10. The molecule has 1 heterocycles. The van der Waals surface area contributed by atoms with E-state index in [4.69, 9.17) is 4.74 Å². The van der Waals surface area contributed by atoms with E-state index in [2.05, 4.69) is 34.9 Å². The molecule has 1 saturated carbocycles. The van der Waals surface area contributed by atoms with Gasteiger partial charge in [-0.05, 0) is 74.6 Å². The van der Waals surface area contributed by atoms with Crippen molar-refractivity contribution in [2.75, 3.05) is 26.2 Å². The molecular weight excluding hydrogens is 348 g/mol. The molecule has 2 unspecified atom stereocenters. The van der Waals surface area contributed by atoms with E-state index >= 15 is 0 Å². The van der Waals surface area contributed by atoms with E-state index in [0.717, 1.165) is 58.3 Å². The Balaban J connectivity index is 0.00000196. The summed E-state index contributed by atoms with van der Waals surface area (Å²) in [6, 6.07) is 8.64. The van der Waals surface area contributed by atoms with Gasteiger partial charge in [-0.2, -0.15) is 0 Å². The lowest BCUT2D eigenvalue weighted by molar-refractivity contribution is -0.123. The minimum Gasteiger partial charge on any atom is -0.373 e. The van der Waals surface area contributed by atoms with Gasteiger partial charge in [0.15, 0.2) is 0 Å². The third-order valence-corrected chi connectivity index (χ3v) is 6.36. The standard InChI is InChI=1S/C21H30N2O2.ClH/c24-20(18-15-21(18)9-12-22-13-10-21)23-11-4-14-25-19-8-3-6-16-5-1-2-7-17(16)19;/h1-2,5,7,18-19,22H,3-4,6,8-15H2,(H,23,24);1H. The molecule has 1 aliphatic heterocycles. The van der Waals surface area contributed by atoms with Gasteiger partial charge in [-0.3, -0.25) is 4.79 Å². The zero-order valence-corrected chi connectivity index (χ0v) is 16.3. The summed E-state index contributed by atoms with van der Waals surface area (Å²) in [7, 11) is 0. The molecule has 0 aromatic heterocycles. The molecule has 1 spiro atoms. The van der Waals surface area contributed by atoms with Gasteiger partial charge in [0.25, 0.3) is 0 Å². The summed E-state index contributed by atoms with van der Waals surface area (Å²) in [5.74, 6) is 0.533. The Labute approximate surface area is 162 Å². The van der Waals surface area contributed by atoms with Crippen molar-refractivity contribution in [1.82, 2.24) is 10.6 Å². The Morgan fingerprint density at radius 3 is 2.92 bits per heavy atom. The lowest BCUT2D eigenvalue weighted by atomic mass is 9.89. The van der Waals surface area contributed by atoms with Crippen LogP contribution in [0.4, 0.5) is 0 Å². The summed E-state index contributed by atoms with van der Waals surface area (Å²) in [4.78, 5) is 12.3. The van der Waals surface area contributed by atoms with Crippen molar-refractivity contribution in [3.63, 3.8) is 0 Å². The molecule has 4 rings (SSSR count). The molecule has 2 fully saturated rings. The molecule has 3 aliphatic rings. The maximum atomic E-state index is 12.3. The van der Waals surface area contributed by atoms with E-state index in [9.17, 15) is 4.79 Å². The van der Waals surface area contributed by atoms with Crippen molar-refractivity contribution in [3.8, 4) is 0 Å². The molecule has 0 radical (unpaired) electrons. The van der Waals surface area contributed by atoms with E-state index in [0.29, 0.717) is 5.41 Å². The Morgan fingerprint density at radius 1 is 1.27 bits per heavy atom. The van der Waals surface area contributed by atoms with E-state index < -0.39 is 0 Å². The number of halogens is 1. The summed E-state index contributed by atoms with van der Waals surface area (Å²) in [5.41, 5.74) is 3.13. The highest BCUT2D eigenvalue weighted by Crippen LogP contribution is 2.58. The molecule has 1 aromatic carbocycles. The van der Waals surface area contributed by atoms with Gasteiger partial charge in [-0.15, -0.1) is 12.4 Å². The smallest absolute Gasteiger partial charge is 0.223 e. The van der Waals surface area contributed by atoms with Crippen molar-refractivity contribution in [3.05, 3.63) is 35.4 Å². The van der Waals surface area contributed by atoms with Crippen LogP contribution < -0.4 is 10.6 Å². The van der Waals surface area contributed by atoms with Crippen molar-refractivity contribution in [2.45, 2.75) is 51.0 Å². The second-order valence-corrected chi connectivity index (χ2v) is 7.96. The number of nitrogens with one attached hydrogen (secondary N) is 2. The van der Waals surface area contributed by atoms with Gasteiger partial charge in [0.05, 0.1) is 6.10 Å². The monoisotopic (exact) mass is 378 g/mol. The number of benzene rings is 1. The minimum absolute atomic E-state index is 0. The molecule has 1 amide bonds. The average molecular weight is 379 g/mol. The number of piperidine rings is 1. The second-order valence-electron chi connectivity index (χ2n) is 7.96. The van der Waals surface area contributed by atoms with Crippen LogP contribution in [0.15, 0.2) is 24.3 Å². The van der Waals surface area contributed by atoms with Crippen LogP contribution in [0.1, 0.15) is 55.8 Å². The Kier molecular flexibility index (Phi) is 6.60. The summed E-state index contributed by atoms with van der Waals surface area (Å²) in [5, 5.41) is 6.52. The van der Waals surface area contributed by atoms with Crippen LogP contribution in [-0.2, 0) is 16.0 Å². The van der Waals surface area contributed by atoms with Gasteiger partial charge in [0, 0.05) is 19.1 Å². The fraction of sp³-hybridized carbons (Fsp3) is 0.667. The second kappa shape index (κ2) is 8.73. The SMILES string of the molecule is Cl.O=C(NCCCOC1CCCc2ccccc21)C1CC12CCNCC2. The van der Waals surface area contributed by atoms with Crippen LogP contribution in [0.3, 0.4) is 0 Å². The summed E-state index contributed by atoms with van der Waals surface area (Å²) in [6.45, 7) is 3.60. The Morgan fingerprint density at radius 2 is 2.08 bits per heavy atom. The first-order valence-electron chi connectivity index (χ1n) is 9.96. The molecule has 26 heavy (non-hydrogen) atoms. The average Bonchev–Trinajstić information content (AvgIpc) is 3.35. The highest BCUT2D eigenvalue weighted by Gasteiger charge is 2.57. The van der Waals surface area contributed by atoms with E-state index in [1.807, 2.05) is 0 Å². The molecule has 144 valence electrons. The number of hydrogen-bond donors (Lipinski definition) is 2. The van der Waals surface area contributed by atoms with Gasteiger partial charge in [-0.25, -0.2) is 0 Å². The first-order valence-corrected chi connectivity index (χ1v) is 9.96. The molecule has 1 saturated heterocycles. The zero-order chi connectivity index (χ0) is 17.1. The zero-order valence-electron chi connectivity index (χ0n) is 15.5. The number of carbonyl (C=O) groups excluding carboxylic acids is 1. The van der Waals surface area contributed by atoms with Gasteiger partial charge in [0.1, 0.15) is 0 Å². The van der Waals surface area contributed by atoms with Crippen LogP contribution in [0.2, 0.25) is 0 Å². The van der Waals surface area contributed by atoms with Gasteiger partial charge >= 0.3 is 0 Å². The maximum Gasteiger partial charge on any atom is 0.223 e. The van der Waals surface area contributed by atoms with Crippen molar-refractivity contribution < 1.29 is 9.53 Å². The van der Waals surface area contributed by atoms with Crippen LogP contribution in [-0.4, -0.2) is 32.1 Å². The molecule has 2 aliphatic carbocycles. The highest BCUT2D eigenvalue weighted by atomic mass is 35.5. The van der Waals surface area contributed by atoms with E-state index in [-0.39, 0.29) is 30.3 Å². The summed E-state index contributed by atoms with van der Waals surface area (Å²) < 4.78 is 6.12. The quantitative estimate of drug-likeness (QED) is 0.746. The molecular formula is C21H31ClN2O2. The molecule has 4 nitrogen and oxygen atoms in total. The predicted octanol–water partition coefficient (Wildman–Crippen LogP) is 3.40. The van der Waals surface area contributed by atoms with Crippen molar-refractivity contribution in [2.24, 2.45) is 11.3 Å². The maximum absolute atomic E-state index is 12.3. The number of rotatable bonds is 6. The van der Waals surface area contributed by atoms with Gasteiger partial charge in [0.2, 0.25) is 5.91 Å². The molecule has 2 N–H and O–H groups in total. The van der Waals surface area contributed by atoms with E-state index in [1.54, 1.807) is 0 Å². The van der Waals surface area contributed by atoms with Crippen LogP contribution in [0, 0.1) is 11.3 Å². The third-order valence-electron chi connectivity index (χ3n) is 6.36. The largest absolute Gasteiger partial charge is 0.373 e. The number of aryl methyl sites for hydroxylation is 1.